The second-order valence-corrected chi connectivity index (χ2v) is 5.07. The quantitative estimate of drug-likeness (QED) is 0.753. The van der Waals surface area contributed by atoms with Crippen molar-refractivity contribution in [2.45, 2.75) is 19.9 Å². The monoisotopic (exact) mass is 294 g/mol. The molecule has 2 aromatic rings. The maximum atomic E-state index is 11.3. The van der Waals surface area contributed by atoms with Gasteiger partial charge >= 0.3 is 5.97 Å². The number of carboxylic acids is 1. The van der Waals surface area contributed by atoms with Gasteiger partial charge in [0.05, 0.1) is 28.2 Å². The van der Waals surface area contributed by atoms with Crippen molar-refractivity contribution in [2.75, 3.05) is 11.1 Å². The van der Waals surface area contributed by atoms with Crippen LogP contribution < -0.4 is 11.1 Å². The minimum atomic E-state index is -1.10. The Morgan fingerprint density at radius 3 is 2.75 bits per heavy atom. The van der Waals surface area contributed by atoms with Gasteiger partial charge in [-0.25, -0.2) is 4.79 Å². The Hall–Kier alpha value is -2.21. The van der Waals surface area contributed by atoms with Gasteiger partial charge in [-0.3, -0.25) is 4.68 Å². The van der Waals surface area contributed by atoms with Crippen molar-refractivity contribution in [1.29, 1.82) is 0 Å². The fourth-order valence-electron chi connectivity index (χ4n) is 1.75. The molecule has 1 aromatic heterocycles. The number of anilines is 3. The number of hydrogen-bond acceptors (Lipinski definition) is 4. The first-order chi connectivity index (χ1) is 9.38. The number of nitrogens with one attached hydrogen (secondary N) is 1. The van der Waals surface area contributed by atoms with Gasteiger partial charge in [0, 0.05) is 17.9 Å². The van der Waals surface area contributed by atoms with Crippen LogP contribution in [0.5, 0.6) is 0 Å². The molecule has 0 aliphatic rings. The van der Waals surface area contributed by atoms with E-state index in [2.05, 4.69) is 10.4 Å². The summed E-state index contributed by atoms with van der Waals surface area (Å²) < 4.78 is 1.76. The lowest BCUT2D eigenvalue weighted by Gasteiger charge is -2.11. The van der Waals surface area contributed by atoms with Crippen molar-refractivity contribution in [3.63, 3.8) is 0 Å². The third kappa shape index (κ3) is 2.85. The third-order valence-corrected chi connectivity index (χ3v) is 3.04. The zero-order chi connectivity index (χ0) is 14.9. The molecule has 0 fully saturated rings. The number of aromatic carboxylic acids is 1. The SMILES string of the molecule is CC(C)n1cc(Nc2c(Cl)cc(N)cc2C(=O)O)cn1. The molecule has 0 unspecified atom stereocenters. The Kier molecular flexibility index (Phi) is 3.85. The molecule has 1 aromatic carbocycles. The Morgan fingerprint density at radius 2 is 2.20 bits per heavy atom. The van der Waals surface area contributed by atoms with Gasteiger partial charge in [0.2, 0.25) is 0 Å². The van der Waals surface area contributed by atoms with Crippen molar-refractivity contribution in [1.82, 2.24) is 9.78 Å². The van der Waals surface area contributed by atoms with E-state index >= 15 is 0 Å². The second-order valence-electron chi connectivity index (χ2n) is 4.66. The van der Waals surface area contributed by atoms with Crippen molar-refractivity contribution >= 4 is 34.6 Å². The minimum absolute atomic E-state index is 0.0206. The molecular weight excluding hydrogens is 280 g/mol. The van der Waals surface area contributed by atoms with E-state index in [9.17, 15) is 9.90 Å². The topological polar surface area (TPSA) is 93.2 Å². The maximum Gasteiger partial charge on any atom is 0.337 e. The van der Waals surface area contributed by atoms with Crippen LogP contribution in [0.2, 0.25) is 5.02 Å². The first kappa shape index (κ1) is 14.2. The van der Waals surface area contributed by atoms with Crippen molar-refractivity contribution in [3.05, 3.63) is 35.1 Å². The van der Waals surface area contributed by atoms with Gasteiger partial charge in [-0.15, -0.1) is 0 Å². The summed E-state index contributed by atoms with van der Waals surface area (Å²) in [5, 5.41) is 16.6. The van der Waals surface area contributed by atoms with E-state index in [1.807, 2.05) is 13.8 Å². The molecule has 0 saturated heterocycles. The van der Waals surface area contributed by atoms with E-state index in [1.165, 1.54) is 12.1 Å². The lowest BCUT2D eigenvalue weighted by molar-refractivity contribution is 0.0698. The molecule has 7 heteroatoms. The van der Waals surface area contributed by atoms with Crippen molar-refractivity contribution in [2.24, 2.45) is 0 Å². The van der Waals surface area contributed by atoms with Crippen LogP contribution in [-0.4, -0.2) is 20.9 Å². The summed E-state index contributed by atoms with van der Waals surface area (Å²) in [7, 11) is 0. The standard InChI is InChI=1S/C13H15ClN4O2/c1-7(2)18-6-9(5-16-18)17-12-10(13(19)20)3-8(15)4-11(12)14/h3-7,17H,15H2,1-2H3,(H,19,20). The number of carboxylic acid groups (broad SMARTS) is 1. The highest BCUT2D eigenvalue weighted by molar-refractivity contribution is 6.34. The largest absolute Gasteiger partial charge is 0.478 e. The van der Waals surface area contributed by atoms with Gasteiger partial charge in [0.15, 0.2) is 0 Å². The van der Waals surface area contributed by atoms with Gasteiger partial charge in [-0.1, -0.05) is 11.6 Å². The molecule has 20 heavy (non-hydrogen) atoms. The Bertz CT molecular complexity index is 652. The van der Waals surface area contributed by atoms with E-state index in [-0.39, 0.29) is 16.6 Å². The molecule has 106 valence electrons. The highest BCUT2D eigenvalue weighted by Gasteiger charge is 2.15. The summed E-state index contributed by atoms with van der Waals surface area (Å²) in [6.07, 6.45) is 3.39. The molecule has 6 nitrogen and oxygen atoms in total. The highest BCUT2D eigenvalue weighted by Crippen LogP contribution is 2.32. The molecule has 0 aliphatic carbocycles. The van der Waals surface area contributed by atoms with E-state index in [4.69, 9.17) is 17.3 Å². The molecule has 0 atom stereocenters. The van der Waals surface area contributed by atoms with E-state index in [1.54, 1.807) is 17.1 Å². The molecule has 0 bridgehead atoms. The van der Waals surface area contributed by atoms with Crippen LogP contribution in [0, 0.1) is 0 Å². The number of nitrogens with zero attached hydrogens (tertiary/aromatic N) is 2. The van der Waals surface area contributed by atoms with Gasteiger partial charge in [0.1, 0.15) is 0 Å². The summed E-state index contributed by atoms with van der Waals surface area (Å²) in [6.45, 7) is 3.99. The van der Waals surface area contributed by atoms with Crippen LogP contribution in [0.4, 0.5) is 17.1 Å². The molecular formula is C13H15ClN4O2. The van der Waals surface area contributed by atoms with Crippen molar-refractivity contribution < 1.29 is 9.90 Å². The smallest absolute Gasteiger partial charge is 0.337 e. The number of carbonyl (C=O) groups is 1. The zero-order valence-electron chi connectivity index (χ0n) is 11.1. The molecule has 2 rings (SSSR count). The third-order valence-electron chi connectivity index (χ3n) is 2.74. The van der Waals surface area contributed by atoms with E-state index < -0.39 is 5.97 Å². The van der Waals surface area contributed by atoms with Crippen LogP contribution in [0.3, 0.4) is 0 Å². The van der Waals surface area contributed by atoms with Crippen LogP contribution in [0.25, 0.3) is 0 Å². The number of halogens is 1. The summed E-state index contributed by atoms with van der Waals surface area (Å²) in [4.78, 5) is 11.3. The molecule has 0 aliphatic heterocycles. The van der Waals surface area contributed by atoms with E-state index in [0.717, 1.165) is 0 Å². The van der Waals surface area contributed by atoms with Crippen LogP contribution in [0.15, 0.2) is 24.5 Å². The maximum absolute atomic E-state index is 11.3. The lowest BCUT2D eigenvalue weighted by atomic mass is 10.1. The summed E-state index contributed by atoms with van der Waals surface area (Å²) in [6, 6.07) is 3.08. The van der Waals surface area contributed by atoms with Gasteiger partial charge < -0.3 is 16.2 Å². The van der Waals surface area contributed by atoms with Crippen LogP contribution >= 0.6 is 11.6 Å². The predicted octanol–water partition coefficient (Wildman–Crippen LogP) is 3.14. The summed E-state index contributed by atoms with van der Waals surface area (Å²) in [5.41, 5.74) is 6.90. The molecule has 0 radical (unpaired) electrons. The first-order valence-corrected chi connectivity index (χ1v) is 6.39. The van der Waals surface area contributed by atoms with Crippen molar-refractivity contribution in [3.8, 4) is 0 Å². The molecule has 1 heterocycles. The number of aromatic nitrogens is 2. The van der Waals surface area contributed by atoms with E-state index in [0.29, 0.717) is 17.1 Å². The number of nitrogen functional groups attached to an aromatic ring is 1. The van der Waals surface area contributed by atoms with Gasteiger partial charge in [-0.2, -0.15) is 5.10 Å². The Labute approximate surface area is 121 Å². The first-order valence-electron chi connectivity index (χ1n) is 6.02. The molecule has 4 N–H and O–H groups in total. The molecule has 0 spiro atoms. The second kappa shape index (κ2) is 5.42. The Morgan fingerprint density at radius 1 is 1.50 bits per heavy atom. The lowest BCUT2D eigenvalue weighted by Crippen LogP contribution is -2.05. The average Bonchev–Trinajstić information content (AvgIpc) is 2.80. The van der Waals surface area contributed by atoms with Gasteiger partial charge in [0.25, 0.3) is 0 Å². The zero-order valence-corrected chi connectivity index (χ0v) is 11.8. The summed E-state index contributed by atoms with van der Waals surface area (Å²) in [5.74, 6) is -1.10. The fraction of sp³-hybridized carbons (Fsp3) is 0.231. The number of nitrogens with two attached hydrogens (primary N) is 1. The minimum Gasteiger partial charge on any atom is -0.478 e. The average molecular weight is 295 g/mol. The normalized spacial score (nSPS) is 10.8. The molecule has 0 amide bonds. The summed E-state index contributed by atoms with van der Waals surface area (Å²) >= 11 is 6.06. The van der Waals surface area contributed by atoms with Crippen LogP contribution in [0.1, 0.15) is 30.2 Å². The molecule has 0 saturated carbocycles. The van der Waals surface area contributed by atoms with Crippen LogP contribution in [-0.2, 0) is 0 Å². The Balaban J connectivity index is 2.39. The predicted molar refractivity (Wildman–Crippen MR) is 78.7 cm³/mol. The number of rotatable bonds is 4. The number of benzene rings is 1. The van der Waals surface area contributed by atoms with Gasteiger partial charge in [-0.05, 0) is 26.0 Å². The number of hydrogen-bond donors (Lipinski definition) is 3. The highest BCUT2D eigenvalue weighted by atomic mass is 35.5. The fourth-order valence-corrected chi connectivity index (χ4v) is 2.03.